The second-order valence-electron chi connectivity index (χ2n) is 5.63. The fourth-order valence-electron chi connectivity index (χ4n) is 2.75. The molecular weight excluding hydrogens is 306 g/mol. The Balaban J connectivity index is 2.38. The molecule has 1 N–H and O–H groups in total. The molecule has 128 valence electrons. The number of rotatable bonds is 8. The molecule has 0 amide bonds. The molecule has 0 spiro atoms. The smallest absolute Gasteiger partial charge is 0.326 e. The van der Waals surface area contributed by atoms with Crippen LogP contribution >= 0.6 is 0 Å². The van der Waals surface area contributed by atoms with E-state index in [1.165, 1.54) is 6.07 Å². The lowest BCUT2D eigenvalue weighted by Crippen LogP contribution is -2.25. The van der Waals surface area contributed by atoms with E-state index >= 15 is 0 Å². The van der Waals surface area contributed by atoms with Crippen LogP contribution in [0.1, 0.15) is 44.0 Å². The lowest BCUT2D eigenvalue weighted by molar-refractivity contribution is -0.141. The van der Waals surface area contributed by atoms with E-state index in [-0.39, 0.29) is 17.8 Å². The predicted octanol–water partition coefficient (Wildman–Crippen LogP) is 3.42. The van der Waals surface area contributed by atoms with Crippen molar-refractivity contribution in [2.45, 2.75) is 45.8 Å². The molecule has 1 atom stereocenters. The Morgan fingerprint density at radius 1 is 1.21 bits per heavy atom. The van der Waals surface area contributed by atoms with Crippen LogP contribution < -0.4 is 10.2 Å². The minimum absolute atomic E-state index is 0.223. The van der Waals surface area contributed by atoms with Crippen molar-refractivity contribution in [1.29, 1.82) is 0 Å². The fraction of sp³-hybridized carbons (Fsp3) is 0.368. The molecule has 24 heavy (non-hydrogen) atoms. The molecule has 5 nitrogen and oxygen atoms in total. The molecule has 1 heterocycles. The number of carboxylic acids is 1. The topological polar surface area (TPSA) is 68.5 Å². The third kappa shape index (κ3) is 4.04. The van der Waals surface area contributed by atoms with E-state index in [0.29, 0.717) is 18.5 Å². The summed E-state index contributed by atoms with van der Waals surface area (Å²) in [6.07, 6.45) is 3.33. The molecule has 0 saturated heterocycles. The molecule has 0 aliphatic heterocycles. The Labute approximate surface area is 141 Å². The normalized spacial score (nSPS) is 11.9. The van der Waals surface area contributed by atoms with Gasteiger partial charge in [-0.2, -0.15) is 0 Å². The first-order valence-corrected chi connectivity index (χ1v) is 8.22. The molecule has 0 aliphatic rings. The standard InChI is InChI=1S/C19H23NO4/c1-3-8-16(19(22)23)20-12-11-17(21)18(15(20)4-2)24-13-14-9-6-5-7-10-14/h5-7,9-12,16H,3-4,8,13H2,1-2H3,(H,22,23). The monoisotopic (exact) mass is 329 g/mol. The van der Waals surface area contributed by atoms with Crippen LogP contribution in [0.3, 0.4) is 0 Å². The summed E-state index contributed by atoms with van der Waals surface area (Å²) in [5, 5.41) is 9.51. The number of aliphatic carboxylic acids is 1. The molecule has 1 aromatic carbocycles. The quantitative estimate of drug-likeness (QED) is 0.806. The highest BCUT2D eigenvalue weighted by atomic mass is 16.5. The van der Waals surface area contributed by atoms with E-state index in [4.69, 9.17) is 4.74 Å². The number of carboxylic acid groups (broad SMARTS) is 1. The number of aromatic nitrogens is 1. The van der Waals surface area contributed by atoms with E-state index in [0.717, 1.165) is 12.0 Å². The number of hydrogen-bond acceptors (Lipinski definition) is 3. The third-order valence-electron chi connectivity index (χ3n) is 3.93. The van der Waals surface area contributed by atoms with Crippen molar-refractivity contribution < 1.29 is 14.6 Å². The van der Waals surface area contributed by atoms with Gasteiger partial charge in [-0.05, 0) is 18.4 Å². The molecule has 0 radical (unpaired) electrons. The lowest BCUT2D eigenvalue weighted by Gasteiger charge is -2.22. The molecule has 1 unspecified atom stereocenters. The summed E-state index contributed by atoms with van der Waals surface area (Å²) in [6.45, 7) is 4.11. The Hall–Kier alpha value is -2.56. The second kappa shape index (κ2) is 8.34. The number of ether oxygens (including phenoxy) is 1. The molecular formula is C19H23NO4. The van der Waals surface area contributed by atoms with Crippen molar-refractivity contribution in [2.75, 3.05) is 0 Å². The number of carbonyl (C=O) groups is 1. The van der Waals surface area contributed by atoms with Crippen LogP contribution in [-0.4, -0.2) is 15.6 Å². The maximum atomic E-state index is 12.2. The van der Waals surface area contributed by atoms with Crippen LogP contribution in [0.4, 0.5) is 0 Å². The molecule has 0 saturated carbocycles. The minimum Gasteiger partial charge on any atom is -0.483 e. The Bertz CT molecular complexity index is 737. The Kier molecular flexibility index (Phi) is 6.18. The van der Waals surface area contributed by atoms with Crippen molar-refractivity contribution in [2.24, 2.45) is 0 Å². The number of hydrogen-bond donors (Lipinski definition) is 1. The Morgan fingerprint density at radius 2 is 1.92 bits per heavy atom. The van der Waals surface area contributed by atoms with Gasteiger partial charge in [-0.3, -0.25) is 4.79 Å². The van der Waals surface area contributed by atoms with E-state index < -0.39 is 12.0 Å². The molecule has 1 aromatic heterocycles. The number of nitrogens with zero attached hydrogens (tertiary/aromatic N) is 1. The highest BCUT2D eigenvalue weighted by molar-refractivity contribution is 5.72. The summed E-state index contributed by atoms with van der Waals surface area (Å²) in [5.41, 5.74) is 1.36. The average molecular weight is 329 g/mol. The molecule has 0 bridgehead atoms. The van der Waals surface area contributed by atoms with Crippen molar-refractivity contribution >= 4 is 5.97 Å². The summed E-state index contributed by atoms with van der Waals surface area (Å²) in [5.74, 6) is -0.657. The van der Waals surface area contributed by atoms with Gasteiger partial charge in [-0.15, -0.1) is 0 Å². The van der Waals surface area contributed by atoms with Gasteiger partial charge in [0.2, 0.25) is 5.43 Å². The first kappa shape index (κ1) is 17.8. The SMILES string of the molecule is CCCC(C(=O)O)n1ccc(=O)c(OCc2ccccc2)c1CC. The molecule has 2 aromatic rings. The van der Waals surface area contributed by atoms with Gasteiger partial charge in [0.1, 0.15) is 12.6 Å². The number of benzene rings is 1. The zero-order valence-electron chi connectivity index (χ0n) is 14.1. The van der Waals surface area contributed by atoms with Crippen LogP contribution in [0.15, 0.2) is 47.4 Å². The van der Waals surface area contributed by atoms with Crippen LogP contribution in [0.5, 0.6) is 5.75 Å². The van der Waals surface area contributed by atoms with Crippen LogP contribution in [0, 0.1) is 0 Å². The highest BCUT2D eigenvalue weighted by Gasteiger charge is 2.22. The molecule has 0 fully saturated rings. The molecule has 0 aliphatic carbocycles. The highest BCUT2D eigenvalue weighted by Crippen LogP contribution is 2.23. The van der Waals surface area contributed by atoms with Crippen LogP contribution in [0.25, 0.3) is 0 Å². The van der Waals surface area contributed by atoms with Gasteiger partial charge < -0.3 is 14.4 Å². The first-order chi connectivity index (χ1) is 11.6. The van der Waals surface area contributed by atoms with E-state index in [1.807, 2.05) is 44.2 Å². The maximum Gasteiger partial charge on any atom is 0.326 e. The molecule has 5 heteroatoms. The van der Waals surface area contributed by atoms with Gasteiger partial charge >= 0.3 is 5.97 Å². The van der Waals surface area contributed by atoms with Crippen LogP contribution in [0.2, 0.25) is 0 Å². The summed E-state index contributed by atoms with van der Waals surface area (Å²) >= 11 is 0. The van der Waals surface area contributed by atoms with Gasteiger partial charge in [-0.25, -0.2) is 4.79 Å². The van der Waals surface area contributed by atoms with Gasteiger partial charge in [0.25, 0.3) is 0 Å². The minimum atomic E-state index is -0.899. The van der Waals surface area contributed by atoms with Gasteiger partial charge in [-0.1, -0.05) is 50.6 Å². The summed E-state index contributed by atoms with van der Waals surface area (Å²) < 4.78 is 7.43. The Morgan fingerprint density at radius 3 is 2.50 bits per heavy atom. The van der Waals surface area contributed by atoms with Crippen molar-refractivity contribution in [3.05, 3.63) is 64.1 Å². The van der Waals surface area contributed by atoms with Gasteiger partial charge in [0, 0.05) is 12.3 Å². The number of pyridine rings is 1. The van der Waals surface area contributed by atoms with E-state index in [2.05, 4.69) is 0 Å². The summed E-state index contributed by atoms with van der Waals surface area (Å²) in [4.78, 5) is 23.8. The summed E-state index contributed by atoms with van der Waals surface area (Å²) in [6, 6.07) is 10.3. The van der Waals surface area contributed by atoms with Crippen molar-refractivity contribution in [3.8, 4) is 5.75 Å². The van der Waals surface area contributed by atoms with Crippen LogP contribution in [-0.2, 0) is 17.8 Å². The van der Waals surface area contributed by atoms with E-state index in [1.54, 1.807) is 10.8 Å². The van der Waals surface area contributed by atoms with Crippen molar-refractivity contribution in [1.82, 2.24) is 4.57 Å². The average Bonchev–Trinajstić information content (AvgIpc) is 2.59. The first-order valence-electron chi connectivity index (χ1n) is 8.22. The second-order valence-corrected chi connectivity index (χ2v) is 5.63. The summed E-state index contributed by atoms with van der Waals surface area (Å²) in [7, 11) is 0. The molecule has 2 rings (SSSR count). The zero-order valence-corrected chi connectivity index (χ0v) is 14.1. The van der Waals surface area contributed by atoms with Gasteiger partial charge in [0.15, 0.2) is 5.75 Å². The largest absolute Gasteiger partial charge is 0.483 e. The maximum absolute atomic E-state index is 12.2. The third-order valence-corrected chi connectivity index (χ3v) is 3.93. The van der Waals surface area contributed by atoms with E-state index in [9.17, 15) is 14.7 Å². The van der Waals surface area contributed by atoms with Crippen molar-refractivity contribution in [3.63, 3.8) is 0 Å². The lowest BCUT2D eigenvalue weighted by atomic mass is 10.1. The predicted molar refractivity (Wildman–Crippen MR) is 92.4 cm³/mol. The fourth-order valence-corrected chi connectivity index (χ4v) is 2.75. The van der Waals surface area contributed by atoms with Gasteiger partial charge in [0.05, 0.1) is 5.69 Å². The zero-order chi connectivity index (χ0) is 17.5.